The van der Waals surface area contributed by atoms with Gasteiger partial charge in [-0.2, -0.15) is 0 Å². The van der Waals surface area contributed by atoms with E-state index in [1.54, 1.807) is 19.3 Å². The molecule has 0 aromatic carbocycles. The molecule has 1 N–H and O–H groups in total. The van der Waals surface area contributed by atoms with Gasteiger partial charge in [0.15, 0.2) is 0 Å². The molecule has 0 fully saturated rings. The Morgan fingerprint density at radius 3 is 2.60 bits per heavy atom. The van der Waals surface area contributed by atoms with Crippen molar-refractivity contribution >= 4 is 37.5 Å². The van der Waals surface area contributed by atoms with Crippen molar-refractivity contribution < 1.29 is 8.42 Å². The van der Waals surface area contributed by atoms with Gasteiger partial charge in [-0.05, 0) is 22.0 Å². The van der Waals surface area contributed by atoms with Gasteiger partial charge in [0.1, 0.15) is 5.82 Å². The molecular formula is C8H12BrN3O2S. The lowest BCUT2D eigenvalue weighted by Crippen LogP contribution is -2.25. The molecule has 0 saturated carbocycles. The summed E-state index contributed by atoms with van der Waals surface area (Å²) in [6, 6.07) is 1.69. The first kappa shape index (κ1) is 12.3. The van der Waals surface area contributed by atoms with Crippen LogP contribution in [0.1, 0.15) is 0 Å². The zero-order chi connectivity index (χ0) is 11.6. The lowest BCUT2D eigenvalue weighted by Gasteiger charge is -2.19. The second kappa shape index (κ2) is 4.36. The monoisotopic (exact) mass is 293 g/mol. The molecule has 0 saturated heterocycles. The minimum absolute atomic E-state index is 0.509. The second-order valence-corrected chi connectivity index (χ2v) is 5.93. The summed E-state index contributed by atoms with van der Waals surface area (Å²) in [5.74, 6) is 0.520. The summed E-state index contributed by atoms with van der Waals surface area (Å²) in [4.78, 5) is 4.07. The Labute approximate surface area is 97.7 Å². The molecule has 84 valence electrons. The number of hydrogen-bond donors (Lipinski definition) is 1. The number of hydrogen-bond acceptors (Lipinski definition) is 4. The van der Waals surface area contributed by atoms with Crippen LogP contribution in [0, 0.1) is 0 Å². The first-order chi connectivity index (χ1) is 6.86. The van der Waals surface area contributed by atoms with E-state index < -0.39 is 10.0 Å². The van der Waals surface area contributed by atoms with Crippen molar-refractivity contribution in [3.63, 3.8) is 0 Å². The standard InChI is InChI=1S/C8H12BrN3O2S/c1-10-8-7(4-6(9)5-11-8)12(2)15(3,13)14/h4-5H,1-3H3,(H,10,11). The average molecular weight is 294 g/mol. The maximum atomic E-state index is 11.4. The van der Waals surface area contributed by atoms with Crippen molar-refractivity contribution in [3.8, 4) is 0 Å². The fourth-order valence-electron chi connectivity index (χ4n) is 1.04. The van der Waals surface area contributed by atoms with E-state index in [4.69, 9.17) is 0 Å². The molecule has 0 bridgehead atoms. The Morgan fingerprint density at radius 1 is 1.53 bits per heavy atom. The molecule has 0 amide bonds. The summed E-state index contributed by atoms with van der Waals surface area (Å²) in [7, 11) is -0.0967. The van der Waals surface area contributed by atoms with E-state index in [0.717, 1.165) is 10.7 Å². The fraction of sp³-hybridized carbons (Fsp3) is 0.375. The summed E-state index contributed by atoms with van der Waals surface area (Å²) in [5.41, 5.74) is 0.509. The van der Waals surface area contributed by atoms with Crippen LogP contribution in [0.15, 0.2) is 16.7 Å². The van der Waals surface area contributed by atoms with Gasteiger partial charge in [-0.25, -0.2) is 13.4 Å². The largest absolute Gasteiger partial charge is 0.371 e. The summed E-state index contributed by atoms with van der Waals surface area (Å²) in [5, 5.41) is 2.84. The van der Waals surface area contributed by atoms with E-state index in [0.29, 0.717) is 11.5 Å². The molecule has 1 heterocycles. The molecule has 0 atom stereocenters. The van der Waals surface area contributed by atoms with Crippen LogP contribution in [0.3, 0.4) is 0 Å². The molecule has 1 aromatic heterocycles. The van der Waals surface area contributed by atoms with Gasteiger partial charge >= 0.3 is 0 Å². The Hall–Kier alpha value is -0.820. The molecular weight excluding hydrogens is 282 g/mol. The Morgan fingerprint density at radius 2 is 2.13 bits per heavy atom. The molecule has 7 heteroatoms. The number of rotatable bonds is 3. The number of anilines is 2. The van der Waals surface area contributed by atoms with Crippen molar-refractivity contribution in [1.29, 1.82) is 0 Å². The van der Waals surface area contributed by atoms with Crippen LogP contribution in [-0.4, -0.2) is 33.8 Å². The average Bonchev–Trinajstić information content (AvgIpc) is 2.15. The van der Waals surface area contributed by atoms with Gasteiger partial charge in [0, 0.05) is 24.8 Å². The maximum Gasteiger partial charge on any atom is 0.232 e. The van der Waals surface area contributed by atoms with Crippen molar-refractivity contribution in [2.45, 2.75) is 0 Å². The highest BCUT2D eigenvalue weighted by Crippen LogP contribution is 2.27. The van der Waals surface area contributed by atoms with E-state index in [9.17, 15) is 8.42 Å². The second-order valence-electron chi connectivity index (χ2n) is 3.00. The van der Waals surface area contributed by atoms with Gasteiger partial charge in [-0.1, -0.05) is 0 Å². The van der Waals surface area contributed by atoms with Gasteiger partial charge in [0.2, 0.25) is 10.0 Å². The predicted molar refractivity (Wildman–Crippen MR) is 64.7 cm³/mol. The third-order valence-electron chi connectivity index (χ3n) is 1.91. The fourth-order valence-corrected chi connectivity index (χ4v) is 1.86. The van der Waals surface area contributed by atoms with E-state index in [-0.39, 0.29) is 0 Å². The van der Waals surface area contributed by atoms with Gasteiger partial charge in [0.25, 0.3) is 0 Å². The molecule has 15 heavy (non-hydrogen) atoms. The first-order valence-corrected chi connectivity index (χ1v) is 6.77. The van der Waals surface area contributed by atoms with Gasteiger partial charge in [-0.15, -0.1) is 0 Å². The summed E-state index contributed by atoms with van der Waals surface area (Å²) < 4.78 is 24.6. The number of halogens is 1. The molecule has 0 aliphatic carbocycles. The molecule has 0 unspecified atom stereocenters. The highest BCUT2D eigenvalue weighted by atomic mass is 79.9. The van der Waals surface area contributed by atoms with Crippen LogP contribution in [0.25, 0.3) is 0 Å². The number of nitrogens with zero attached hydrogens (tertiary/aromatic N) is 2. The van der Waals surface area contributed by atoms with Crippen molar-refractivity contribution in [3.05, 3.63) is 16.7 Å². The van der Waals surface area contributed by atoms with E-state index in [2.05, 4.69) is 26.2 Å². The van der Waals surface area contributed by atoms with Crippen LogP contribution in [-0.2, 0) is 10.0 Å². The van der Waals surface area contributed by atoms with E-state index in [1.165, 1.54) is 11.4 Å². The van der Waals surface area contributed by atoms with Gasteiger partial charge < -0.3 is 5.32 Å². The van der Waals surface area contributed by atoms with Crippen molar-refractivity contribution in [2.24, 2.45) is 0 Å². The molecule has 0 aliphatic heterocycles. The quantitative estimate of drug-likeness (QED) is 0.912. The Balaban J connectivity index is 3.29. The summed E-state index contributed by atoms with van der Waals surface area (Å²) in [6.07, 6.45) is 2.75. The summed E-state index contributed by atoms with van der Waals surface area (Å²) in [6.45, 7) is 0. The number of pyridine rings is 1. The highest BCUT2D eigenvalue weighted by molar-refractivity contribution is 9.10. The number of sulfonamides is 1. The summed E-state index contributed by atoms with van der Waals surface area (Å²) >= 11 is 3.25. The minimum Gasteiger partial charge on any atom is -0.371 e. The topological polar surface area (TPSA) is 62.3 Å². The molecule has 1 rings (SSSR count). The highest BCUT2D eigenvalue weighted by Gasteiger charge is 2.16. The molecule has 0 aliphatic rings. The lowest BCUT2D eigenvalue weighted by molar-refractivity contribution is 0.600. The molecule has 0 spiro atoms. The third-order valence-corrected chi connectivity index (χ3v) is 3.53. The number of nitrogens with one attached hydrogen (secondary N) is 1. The van der Waals surface area contributed by atoms with Crippen LogP contribution in [0.2, 0.25) is 0 Å². The molecule has 5 nitrogen and oxygen atoms in total. The van der Waals surface area contributed by atoms with Crippen molar-refractivity contribution in [2.75, 3.05) is 30.0 Å². The van der Waals surface area contributed by atoms with Crippen LogP contribution >= 0.6 is 15.9 Å². The Kier molecular flexibility index (Phi) is 3.56. The van der Waals surface area contributed by atoms with Gasteiger partial charge in [0.05, 0.1) is 11.9 Å². The van der Waals surface area contributed by atoms with Crippen molar-refractivity contribution in [1.82, 2.24) is 4.98 Å². The zero-order valence-electron chi connectivity index (χ0n) is 8.65. The third kappa shape index (κ3) is 2.82. The minimum atomic E-state index is -3.27. The van der Waals surface area contributed by atoms with Crippen LogP contribution in [0.4, 0.5) is 11.5 Å². The van der Waals surface area contributed by atoms with Gasteiger partial charge in [-0.3, -0.25) is 4.31 Å². The zero-order valence-corrected chi connectivity index (χ0v) is 11.1. The lowest BCUT2D eigenvalue weighted by atomic mass is 10.4. The maximum absolute atomic E-state index is 11.4. The van der Waals surface area contributed by atoms with Crippen LogP contribution in [0.5, 0.6) is 0 Å². The normalized spacial score (nSPS) is 11.2. The molecule has 0 radical (unpaired) electrons. The predicted octanol–water partition coefficient (Wildman–Crippen LogP) is 1.28. The number of aromatic nitrogens is 1. The smallest absolute Gasteiger partial charge is 0.232 e. The van der Waals surface area contributed by atoms with E-state index >= 15 is 0 Å². The van der Waals surface area contributed by atoms with E-state index in [1.807, 2.05) is 0 Å². The SMILES string of the molecule is CNc1ncc(Br)cc1N(C)S(C)(=O)=O. The first-order valence-electron chi connectivity index (χ1n) is 4.13. The molecule has 1 aromatic rings. The Bertz CT molecular complexity index is 461. The van der Waals surface area contributed by atoms with Crippen LogP contribution < -0.4 is 9.62 Å².